The fourth-order valence-electron chi connectivity index (χ4n) is 3.87. The number of halogens is 2. The first-order valence-corrected chi connectivity index (χ1v) is 10.3. The van der Waals surface area contributed by atoms with E-state index in [1.54, 1.807) is 12.1 Å². The van der Waals surface area contributed by atoms with E-state index in [9.17, 15) is 9.65 Å². The number of likely N-dealkylation sites (tertiary alicyclic amines) is 1. The number of benzene rings is 1. The second kappa shape index (κ2) is 8.08. The summed E-state index contributed by atoms with van der Waals surface area (Å²) in [6, 6.07) is 9.67. The SMILES string of the molecule is CC(C)C1(CC#N)CCN(Cc2ccc(-c3csc(Cl)c3)c(F)c2)CC1. The molecule has 26 heavy (non-hydrogen) atoms. The van der Waals surface area contributed by atoms with Crippen molar-refractivity contribution in [3.05, 3.63) is 45.4 Å². The van der Waals surface area contributed by atoms with Crippen LogP contribution >= 0.6 is 22.9 Å². The van der Waals surface area contributed by atoms with E-state index in [1.165, 1.54) is 11.3 Å². The maximum Gasteiger partial charge on any atom is 0.131 e. The average Bonchev–Trinajstić information content (AvgIpc) is 3.03. The molecule has 1 aromatic carbocycles. The molecule has 5 heteroatoms. The van der Waals surface area contributed by atoms with Crippen molar-refractivity contribution in [1.29, 1.82) is 5.26 Å². The van der Waals surface area contributed by atoms with Gasteiger partial charge in [0.25, 0.3) is 0 Å². The first-order chi connectivity index (χ1) is 12.4. The molecular formula is C21H24ClFN2S. The van der Waals surface area contributed by atoms with Crippen LogP contribution in [0.3, 0.4) is 0 Å². The van der Waals surface area contributed by atoms with Crippen molar-refractivity contribution in [2.24, 2.45) is 11.3 Å². The van der Waals surface area contributed by atoms with Crippen LogP contribution in [0, 0.1) is 28.5 Å². The number of thiophene rings is 1. The average molecular weight is 391 g/mol. The molecule has 1 aliphatic rings. The topological polar surface area (TPSA) is 27.0 Å². The van der Waals surface area contributed by atoms with Crippen LogP contribution in [0.2, 0.25) is 4.34 Å². The van der Waals surface area contributed by atoms with Gasteiger partial charge in [0.05, 0.1) is 10.4 Å². The summed E-state index contributed by atoms with van der Waals surface area (Å²) >= 11 is 7.37. The van der Waals surface area contributed by atoms with Crippen LogP contribution in [0.1, 0.15) is 38.7 Å². The van der Waals surface area contributed by atoms with Crippen molar-refractivity contribution in [1.82, 2.24) is 4.90 Å². The molecule has 0 unspecified atom stereocenters. The number of nitrogens with zero attached hydrogens (tertiary/aromatic N) is 2. The molecule has 0 atom stereocenters. The lowest BCUT2D eigenvalue weighted by Crippen LogP contribution is -2.42. The van der Waals surface area contributed by atoms with Crippen molar-refractivity contribution in [3.63, 3.8) is 0 Å². The molecule has 2 aromatic rings. The third-order valence-corrected chi connectivity index (χ3v) is 6.92. The highest BCUT2D eigenvalue weighted by Gasteiger charge is 2.37. The Morgan fingerprint density at radius 1 is 1.31 bits per heavy atom. The van der Waals surface area contributed by atoms with Gasteiger partial charge in [-0.25, -0.2) is 4.39 Å². The third kappa shape index (κ3) is 4.11. The molecule has 1 saturated heterocycles. The molecule has 0 radical (unpaired) electrons. The van der Waals surface area contributed by atoms with E-state index in [2.05, 4.69) is 24.8 Å². The molecule has 2 nitrogen and oxygen atoms in total. The lowest BCUT2D eigenvalue weighted by Gasteiger charge is -2.43. The van der Waals surface area contributed by atoms with Gasteiger partial charge in [-0.15, -0.1) is 11.3 Å². The molecule has 0 bridgehead atoms. The van der Waals surface area contributed by atoms with E-state index in [-0.39, 0.29) is 11.2 Å². The number of rotatable bonds is 5. The Kier molecular flexibility index (Phi) is 6.02. The Labute approximate surface area is 164 Å². The molecule has 0 N–H and O–H groups in total. The van der Waals surface area contributed by atoms with E-state index in [0.29, 0.717) is 22.2 Å². The molecule has 3 rings (SSSR count). The molecule has 0 aliphatic carbocycles. The van der Waals surface area contributed by atoms with Gasteiger partial charge < -0.3 is 0 Å². The van der Waals surface area contributed by atoms with Gasteiger partial charge in [-0.2, -0.15) is 5.26 Å². The predicted molar refractivity (Wildman–Crippen MR) is 107 cm³/mol. The summed E-state index contributed by atoms with van der Waals surface area (Å²) < 4.78 is 15.2. The van der Waals surface area contributed by atoms with Crippen molar-refractivity contribution in [3.8, 4) is 17.2 Å². The van der Waals surface area contributed by atoms with Gasteiger partial charge in [0.2, 0.25) is 0 Å². The highest BCUT2D eigenvalue weighted by molar-refractivity contribution is 7.14. The first kappa shape index (κ1) is 19.4. The summed E-state index contributed by atoms with van der Waals surface area (Å²) in [5.74, 6) is 0.313. The van der Waals surface area contributed by atoms with Crippen LogP contribution in [0.5, 0.6) is 0 Å². The van der Waals surface area contributed by atoms with Crippen LogP contribution in [0.15, 0.2) is 29.6 Å². The van der Waals surface area contributed by atoms with Crippen molar-refractivity contribution >= 4 is 22.9 Å². The van der Waals surface area contributed by atoms with Crippen LogP contribution in [0.4, 0.5) is 4.39 Å². The summed E-state index contributed by atoms with van der Waals surface area (Å²) in [7, 11) is 0. The molecule has 0 amide bonds. The summed E-state index contributed by atoms with van der Waals surface area (Å²) in [6.45, 7) is 7.12. The molecule has 0 saturated carbocycles. The van der Waals surface area contributed by atoms with Gasteiger partial charge in [-0.1, -0.05) is 37.6 Å². The maximum atomic E-state index is 14.5. The predicted octanol–water partition coefficient (Wildman–Crippen LogP) is 6.36. The van der Waals surface area contributed by atoms with Crippen molar-refractivity contribution in [2.45, 2.75) is 39.7 Å². The van der Waals surface area contributed by atoms with E-state index in [0.717, 1.165) is 43.6 Å². The minimum absolute atomic E-state index is 0.137. The molecule has 0 spiro atoms. The molecule has 1 fully saturated rings. The largest absolute Gasteiger partial charge is 0.299 e. The van der Waals surface area contributed by atoms with Gasteiger partial charge >= 0.3 is 0 Å². The minimum Gasteiger partial charge on any atom is -0.299 e. The number of hydrogen-bond donors (Lipinski definition) is 0. The smallest absolute Gasteiger partial charge is 0.131 e. The highest BCUT2D eigenvalue weighted by Crippen LogP contribution is 2.42. The summed E-state index contributed by atoms with van der Waals surface area (Å²) in [6.07, 6.45) is 2.70. The zero-order chi connectivity index (χ0) is 18.7. The fraction of sp³-hybridized carbons (Fsp3) is 0.476. The maximum absolute atomic E-state index is 14.5. The van der Waals surface area contributed by atoms with E-state index in [1.807, 2.05) is 17.5 Å². The summed E-state index contributed by atoms with van der Waals surface area (Å²) in [4.78, 5) is 2.37. The fourth-order valence-corrected chi connectivity index (χ4v) is 4.75. The van der Waals surface area contributed by atoms with Gasteiger partial charge in [0.1, 0.15) is 5.82 Å². The van der Waals surface area contributed by atoms with Gasteiger partial charge in [0, 0.05) is 23.9 Å². The third-order valence-electron chi connectivity index (χ3n) is 5.83. The molecule has 1 aromatic heterocycles. The molecule has 2 heterocycles. The van der Waals surface area contributed by atoms with Gasteiger partial charge in [-0.05, 0) is 60.5 Å². The van der Waals surface area contributed by atoms with Crippen molar-refractivity contribution in [2.75, 3.05) is 13.1 Å². The van der Waals surface area contributed by atoms with Crippen LogP contribution < -0.4 is 0 Å². The molecule has 1 aliphatic heterocycles. The van der Waals surface area contributed by atoms with E-state index >= 15 is 0 Å². The standard InChI is InChI=1S/C21H24ClFN2S/c1-15(2)21(5-8-24)6-9-25(10-7-21)13-16-3-4-18(19(23)11-16)17-12-20(22)26-14-17/h3-4,11-12,14-15H,5-7,9-10,13H2,1-2H3. The van der Waals surface area contributed by atoms with Gasteiger partial charge in [0.15, 0.2) is 0 Å². The molecular weight excluding hydrogens is 367 g/mol. The van der Waals surface area contributed by atoms with Crippen LogP contribution in [-0.4, -0.2) is 18.0 Å². The zero-order valence-electron chi connectivity index (χ0n) is 15.3. The summed E-state index contributed by atoms with van der Waals surface area (Å²) in [5.41, 5.74) is 2.56. The number of piperidine rings is 1. The number of hydrogen-bond acceptors (Lipinski definition) is 3. The van der Waals surface area contributed by atoms with Crippen molar-refractivity contribution < 1.29 is 4.39 Å². The molecule has 138 valence electrons. The second-order valence-corrected chi connectivity index (χ2v) is 9.12. The lowest BCUT2D eigenvalue weighted by atomic mass is 9.68. The normalized spacial score (nSPS) is 17.4. The Morgan fingerprint density at radius 2 is 2.04 bits per heavy atom. The Morgan fingerprint density at radius 3 is 2.58 bits per heavy atom. The highest BCUT2D eigenvalue weighted by atomic mass is 35.5. The van der Waals surface area contributed by atoms with Crippen LogP contribution in [0.25, 0.3) is 11.1 Å². The van der Waals surface area contributed by atoms with E-state index in [4.69, 9.17) is 11.6 Å². The quantitative estimate of drug-likeness (QED) is 0.593. The summed E-state index contributed by atoms with van der Waals surface area (Å²) in [5, 5.41) is 11.1. The Balaban J connectivity index is 1.66. The zero-order valence-corrected chi connectivity index (χ0v) is 16.8. The Bertz CT molecular complexity index is 801. The first-order valence-electron chi connectivity index (χ1n) is 9.06. The second-order valence-electron chi connectivity index (χ2n) is 7.58. The van der Waals surface area contributed by atoms with Gasteiger partial charge in [-0.3, -0.25) is 4.90 Å². The Hall–Kier alpha value is -1.41. The van der Waals surface area contributed by atoms with Crippen LogP contribution in [-0.2, 0) is 6.54 Å². The minimum atomic E-state index is -0.199. The number of nitriles is 1. The lowest BCUT2D eigenvalue weighted by molar-refractivity contribution is 0.0616. The van der Waals surface area contributed by atoms with E-state index < -0.39 is 0 Å². The monoisotopic (exact) mass is 390 g/mol.